The summed E-state index contributed by atoms with van der Waals surface area (Å²) in [6, 6.07) is 14.9. The lowest BCUT2D eigenvalue weighted by atomic mass is 10.1. The third kappa shape index (κ3) is 4.24. The Kier molecular flexibility index (Phi) is 5.21. The Morgan fingerprint density at radius 3 is 2.38 bits per heavy atom. The van der Waals surface area contributed by atoms with E-state index in [0.29, 0.717) is 17.9 Å². The third-order valence-corrected chi connectivity index (χ3v) is 3.17. The van der Waals surface area contributed by atoms with Crippen LogP contribution in [0.5, 0.6) is 11.5 Å². The van der Waals surface area contributed by atoms with Gasteiger partial charge in [-0.05, 0) is 42.3 Å². The van der Waals surface area contributed by atoms with E-state index in [-0.39, 0.29) is 5.91 Å². The Labute approximate surface area is 124 Å². The number of benzene rings is 2. The van der Waals surface area contributed by atoms with Gasteiger partial charge in [0.05, 0.1) is 14.2 Å². The molecule has 0 aliphatic carbocycles. The van der Waals surface area contributed by atoms with Gasteiger partial charge in [0.25, 0.3) is 5.91 Å². The van der Waals surface area contributed by atoms with E-state index in [1.807, 2.05) is 30.3 Å². The van der Waals surface area contributed by atoms with Gasteiger partial charge in [0.1, 0.15) is 11.5 Å². The highest BCUT2D eigenvalue weighted by Crippen LogP contribution is 2.13. The highest BCUT2D eigenvalue weighted by molar-refractivity contribution is 5.94. The first-order valence-electron chi connectivity index (χ1n) is 6.78. The molecule has 0 atom stereocenters. The second-order valence-electron chi connectivity index (χ2n) is 4.59. The van der Waals surface area contributed by atoms with Gasteiger partial charge in [-0.3, -0.25) is 4.79 Å². The second-order valence-corrected chi connectivity index (χ2v) is 4.59. The maximum absolute atomic E-state index is 12.0. The number of amides is 1. The molecule has 0 aliphatic heterocycles. The van der Waals surface area contributed by atoms with Crippen molar-refractivity contribution in [2.24, 2.45) is 0 Å². The summed E-state index contributed by atoms with van der Waals surface area (Å²) in [5.74, 6) is 1.40. The Morgan fingerprint density at radius 2 is 1.67 bits per heavy atom. The molecule has 1 amide bonds. The first-order chi connectivity index (χ1) is 10.2. The van der Waals surface area contributed by atoms with E-state index in [4.69, 9.17) is 9.47 Å². The van der Waals surface area contributed by atoms with Crippen LogP contribution in [0.1, 0.15) is 15.9 Å². The molecule has 0 radical (unpaired) electrons. The van der Waals surface area contributed by atoms with Crippen LogP contribution in [-0.2, 0) is 6.42 Å². The summed E-state index contributed by atoms with van der Waals surface area (Å²) in [6.45, 7) is 0.573. The molecule has 4 heteroatoms. The van der Waals surface area contributed by atoms with E-state index in [1.54, 1.807) is 32.4 Å². The zero-order valence-corrected chi connectivity index (χ0v) is 12.3. The summed E-state index contributed by atoms with van der Waals surface area (Å²) >= 11 is 0. The lowest BCUT2D eigenvalue weighted by molar-refractivity contribution is 0.0954. The first kappa shape index (κ1) is 14.9. The van der Waals surface area contributed by atoms with E-state index >= 15 is 0 Å². The maximum atomic E-state index is 12.0. The Balaban J connectivity index is 1.88. The molecule has 0 saturated heterocycles. The summed E-state index contributed by atoms with van der Waals surface area (Å²) < 4.78 is 10.3. The molecule has 110 valence electrons. The van der Waals surface area contributed by atoms with Crippen LogP contribution in [0.25, 0.3) is 0 Å². The van der Waals surface area contributed by atoms with Crippen molar-refractivity contribution in [3.8, 4) is 11.5 Å². The Hall–Kier alpha value is -2.49. The summed E-state index contributed by atoms with van der Waals surface area (Å²) in [4.78, 5) is 12.0. The fraction of sp³-hybridized carbons (Fsp3) is 0.235. The number of nitrogens with one attached hydrogen (secondary N) is 1. The van der Waals surface area contributed by atoms with Crippen molar-refractivity contribution in [3.63, 3.8) is 0 Å². The Morgan fingerprint density at radius 1 is 1.00 bits per heavy atom. The van der Waals surface area contributed by atoms with E-state index in [1.165, 1.54) is 0 Å². The van der Waals surface area contributed by atoms with Gasteiger partial charge in [-0.25, -0.2) is 0 Å². The van der Waals surface area contributed by atoms with Crippen LogP contribution in [0, 0.1) is 0 Å². The smallest absolute Gasteiger partial charge is 0.251 e. The highest BCUT2D eigenvalue weighted by atomic mass is 16.5. The molecule has 4 nitrogen and oxygen atoms in total. The van der Waals surface area contributed by atoms with Crippen molar-refractivity contribution in [1.82, 2.24) is 5.32 Å². The lowest BCUT2D eigenvalue weighted by Gasteiger charge is -2.07. The average molecular weight is 285 g/mol. The van der Waals surface area contributed by atoms with Gasteiger partial charge in [-0.15, -0.1) is 0 Å². The van der Waals surface area contributed by atoms with Crippen LogP contribution >= 0.6 is 0 Å². The van der Waals surface area contributed by atoms with E-state index < -0.39 is 0 Å². The molecule has 0 aromatic heterocycles. The van der Waals surface area contributed by atoms with Crippen LogP contribution in [0.3, 0.4) is 0 Å². The van der Waals surface area contributed by atoms with Crippen molar-refractivity contribution in [2.45, 2.75) is 6.42 Å². The van der Waals surface area contributed by atoms with Gasteiger partial charge in [0.15, 0.2) is 0 Å². The average Bonchev–Trinajstić information content (AvgIpc) is 2.55. The second kappa shape index (κ2) is 7.33. The molecule has 0 spiro atoms. The standard InChI is InChI=1S/C17H19NO3/c1-20-15-7-3-5-13(11-15)9-10-18-17(19)14-6-4-8-16(12-14)21-2/h3-8,11-12H,9-10H2,1-2H3,(H,18,19). The maximum Gasteiger partial charge on any atom is 0.251 e. The molecule has 0 bridgehead atoms. The number of hydrogen-bond acceptors (Lipinski definition) is 3. The molecule has 2 rings (SSSR count). The molecule has 0 heterocycles. The third-order valence-electron chi connectivity index (χ3n) is 3.17. The summed E-state index contributed by atoms with van der Waals surface area (Å²) in [5, 5.41) is 2.90. The molecule has 0 aliphatic rings. The fourth-order valence-electron chi connectivity index (χ4n) is 2.01. The van der Waals surface area contributed by atoms with Crippen LogP contribution < -0.4 is 14.8 Å². The lowest BCUT2D eigenvalue weighted by Crippen LogP contribution is -2.25. The number of rotatable bonds is 6. The first-order valence-corrected chi connectivity index (χ1v) is 6.78. The van der Waals surface area contributed by atoms with Gasteiger partial charge in [0.2, 0.25) is 0 Å². The highest BCUT2D eigenvalue weighted by Gasteiger charge is 2.06. The van der Waals surface area contributed by atoms with Crippen LogP contribution in [0.2, 0.25) is 0 Å². The monoisotopic (exact) mass is 285 g/mol. The van der Waals surface area contributed by atoms with Crippen molar-refractivity contribution >= 4 is 5.91 Å². The van der Waals surface area contributed by atoms with Gasteiger partial charge in [-0.2, -0.15) is 0 Å². The predicted molar refractivity (Wildman–Crippen MR) is 82.0 cm³/mol. The predicted octanol–water partition coefficient (Wildman–Crippen LogP) is 2.68. The number of methoxy groups -OCH3 is 2. The molecule has 0 saturated carbocycles. The molecular weight excluding hydrogens is 266 g/mol. The molecule has 0 unspecified atom stereocenters. The van der Waals surface area contributed by atoms with Crippen LogP contribution in [0.15, 0.2) is 48.5 Å². The number of hydrogen-bond donors (Lipinski definition) is 1. The number of ether oxygens (including phenoxy) is 2. The summed E-state index contributed by atoms with van der Waals surface area (Å²) in [6.07, 6.45) is 0.757. The SMILES string of the molecule is COc1cccc(CCNC(=O)c2cccc(OC)c2)c1. The molecular formula is C17H19NO3. The zero-order chi connectivity index (χ0) is 15.1. The minimum absolute atomic E-state index is 0.100. The number of carbonyl (C=O) groups excluding carboxylic acids is 1. The minimum atomic E-state index is -0.100. The number of carbonyl (C=O) groups is 1. The van der Waals surface area contributed by atoms with E-state index in [2.05, 4.69) is 5.32 Å². The van der Waals surface area contributed by atoms with E-state index in [9.17, 15) is 4.79 Å². The quantitative estimate of drug-likeness (QED) is 0.887. The molecule has 2 aromatic carbocycles. The zero-order valence-electron chi connectivity index (χ0n) is 12.3. The molecule has 1 N–H and O–H groups in total. The fourth-order valence-corrected chi connectivity index (χ4v) is 2.01. The van der Waals surface area contributed by atoms with Crippen LogP contribution in [-0.4, -0.2) is 26.7 Å². The molecule has 0 fully saturated rings. The largest absolute Gasteiger partial charge is 0.497 e. The topological polar surface area (TPSA) is 47.6 Å². The van der Waals surface area contributed by atoms with Gasteiger partial charge < -0.3 is 14.8 Å². The van der Waals surface area contributed by atoms with Gasteiger partial charge in [0, 0.05) is 12.1 Å². The van der Waals surface area contributed by atoms with Crippen molar-refractivity contribution in [1.29, 1.82) is 0 Å². The Bertz CT molecular complexity index is 610. The van der Waals surface area contributed by atoms with Crippen LogP contribution in [0.4, 0.5) is 0 Å². The summed E-state index contributed by atoms with van der Waals surface area (Å²) in [7, 11) is 3.23. The van der Waals surface area contributed by atoms with Crippen molar-refractivity contribution < 1.29 is 14.3 Å². The normalized spacial score (nSPS) is 10.0. The molecule has 21 heavy (non-hydrogen) atoms. The molecule has 2 aromatic rings. The minimum Gasteiger partial charge on any atom is -0.497 e. The summed E-state index contributed by atoms with van der Waals surface area (Å²) in [5.41, 5.74) is 1.72. The van der Waals surface area contributed by atoms with Gasteiger partial charge in [-0.1, -0.05) is 18.2 Å². The van der Waals surface area contributed by atoms with Gasteiger partial charge >= 0.3 is 0 Å². The van der Waals surface area contributed by atoms with Crippen molar-refractivity contribution in [3.05, 3.63) is 59.7 Å². The van der Waals surface area contributed by atoms with E-state index in [0.717, 1.165) is 17.7 Å². The van der Waals surface area contributed by atoms with Crippen molar-refractivity contribution in [2.75, 3.05) is 20.8 Å².